The van der Waals surface area contributed by atoms with Crippen LogP contribution < -0.4 is 0 Å². The average Bonchev–Trinajstić information content (AvgIpc) is 3.00. The van der Waals surface area contributed by atoms with Crippen molar-refractivity contribution in [1.29, 1.82) is 0 Å². The molecule has 1 atom stereocenters. The fourth-order valence-corrected chi connectivity index (χ4v) is 3.65. The molecule has 0 aliphatic carbocycles. The highest BCUT2D eigenvalue weighted by Crippen LogP contribution is 2.23. The maximum absolute atomic E-state index is 12.7. The van der Waals surface area contributed by atoms with Crippen LogP contribution in [-0.4, -0.2) is 48.4 Å². The first-order valence-corrected chi connectivity index (χ1v) is 9.84. The predicted octanol–water partition coefficient (Wildman–Crippen LogP) is 2.07. The molecule has 3 rings (SSSR count). The van der Waals surface area contributed by atoms with Crippen LogP contribution in [0.25, 0.3) is 0 Å². The molecule has 2 heterocycles. The van der Waals surface area contributed by atoms with E-state index >= 15 is 0 Å². The number of hydrogen-bond donors (Lipinski definition) is 0. The number of aryl methyl sites for hydroxylation is 1. The van der Waals surface area contributed by atoms with Gasteiger partial charge in [0.2, 0.25) is 0 Å². The number of carbonyl (C=O) groups excluding carboxylic acids is 1. The van der Waals surface area contributed by atoms with Crippen molar-refractivity contribution in [2.75, 3.05) is 19.3 Å². The fourth-order valence-electron chi connectivity index (χ4n) is 3.02. The van der Waals surface area contributed by atoms with Crippen LogP contribution in [0.15, 0.2) is 41.6 Å². The fraction of sp³-hybridized carbons (Fsp3) is 0.412. The Morgan fingerprint density at radius 2 is 1.96 bits per heavy atom. The third kappa shape index (κ3) is 3.51. The molecule has 24 heavy (non-hydrogen) atoms. The molecule has 0 N–H and O–H groups in total. The summed E-state index contributed by atoms with van der Waals surface area (Å²) in [6.45, 7) is 3.33. The second-order valence-electron chi connectivity index (χ2n) is 6.34. The number of nitrogens with zero attached hydrogens (tertiary/aromatic N) is 3. The number of aromatic nitrogens is 2. The molecule has 128 valence electrons. The Labute approximate surface area is 142 Å². The van der Waals surface area contributed by atoms with Crippen LogP contribution in [0.3, 0.4) is 0 Å². The Hall–Kier alpha value is -2.15. The number of carbonyl (C=O) groups is 1. The number of sulfone groups is 1. The molecule has 0 bridgehead atoms. The molecule has 0 spiro atoms. The SMILES string of the molecule is Cc1cnn(C2CCCN(C(=O)c3ccc(S(C)(=O)=O)cc3)C2)c1. The van der Waals surface area contributed by atoms with E-state index in [4.69, 9.17) is 0 Å². The summed E-state index contributed by atoms with van der Waals surface area (Å²) in [6, 6.07) is 6.33. The van der Waals surface area contributed by atoms with Gasteiger partial charge in [-0.1, -0.05) is 0 Å². The van der Waals surface area contributed by atoms with E-state index < -0.39 is 9.84 Å². The molecule has 1 aliphatic heterocycles. The lowest BCUT2D eigenvalue weighted by molar-refractivity contribution is 0.0673. The van der Waals surface area contributed by atoms with Crippen LogP contribution in [0.5, 0.6) is 0 Å². The standard InChI is InChI=1S/C17H21N3O3S/c1-13-10-18-20(11-13)15-4-3-9-19(12-15)17(21)14-5-7-16(8-6-14)24(2,22)23/h5-8,10-11,15H,3-4,9,12H2,1-2H3. The monoisotopic (exact) mass is 347 g/mol. The van der Waals surface area contributed by atoms with Gasteiger partial charge in [-0.3, -0.25) is 9.48 Å². The lowest BCUT2D eigenvalue weighted by Crippen LogP contribution is -2.40. The van der Waals surface area contributed by atoms with Gasteiger partial charge in [-0.15, -0.1) is 0 Å². The minimum Gasteiger partial charge on any atom is -0.337 e. The van der Waals surface area contributed by atoms with Crippen LogP contribution in [0, 0.1) is 6.92 Å². The lowest BCUT2D eigenvalue weighted by atomic mass is 10.0. The van der Waals surface area contributed by atoms with Gasteiger partial charge in [0.1, 0.15) is 0 Å². The summed E-state index contributed by atoms with van der Waals surface area (Å²) >= 11 is 0. The minimum atomic E-state index is -3.25. The zero-order chi connectivity index (χ0) is 17.3. The Bertz CT molecular complexity index is 840. The molecule has 0 saturated carbocycles. The molecule has 0 radical (unpaired) electrons. The molecule has 1 saturated heterocycles. The molecule has 1 aromatic carbocycles. The summed E-state index contributed by atoms with van der Waals surface area (Å²) in [5, 5.41) is 4.36. The Morgan fingerprint density at radius 1 is 1.25 bits per heavy atom. The highest BCUT2D eigenvalue weighted by Gasteiger charge is 2.26. The first kappa shape index (κ1) is 16.7. The molecular weight excluding hydrogens is 326 g/mol. The van der Waals surface area contributed by atoms with E-state index in [1.54, 1.807) is 12.1 Å². The Morgan fingerprint density at radius 3 is 2.54 bits per heavy atom. The van der Waals surface area contributed by atoms with Gasteiger partial charge >= 0.3 is 0 Å². The molecule has 1 unspecified atom stereocenters. The van der Waals surface area contributed by atoms with Crippen molar-refractivity contribution in [3.8, 4) is 0 Å². The van der Waals surface area contributed by atoms with Crippen molar-refractivity contribution in [2.45, 2.75) is 30.7 Å². The van der Waals surface area contributed by atoms with E-state index in [1.807, 2.05) is 28.9 Å². The molecule has 1 aromatic heterocycles. The Balaban J connectivity index is 1.74. The highest BCUT2D eigenvalue weighted by molar-refractivity contribution is 7.90. The summed E-state index contributed by atoms with van der Waals surface area (Å²) in [6.07, 6.45) is 6.91. The third-order valence-corrected chi connectivity index (χ3v) is 5.45. The van der Waals surface area contributed by atoms with Gasteiger partial charge in [0, 0.05) is 31.1 Å². The summed E-state index contributed by atoms with van der Waals surface area (Å²) in [4.78, 5) is 14.7. The second kappa shape index (κ2) is 6.39. The van der Waals surface area contributed by atoms with Crippen molar-refractivity contribution < 1.29 is 13.2 Å². The van der Waals surface area contributed by atoms with Crippen LogP contribution in [0.2, 0.25) is 0 Å². The van der Waals surface area contributed by atoms with Crippen LogP contribution in [0.4, 0.5) is 0 Å². The summed E-state index contributed by atoms with van der Waals surface area (Å²) in [5.41, 5.74) is 1.62. The molecule has 6 nitrogen and oxygen atoms in total. The summed E-state index contributed by atoms with van der Waals surface area (Å²) in [7, 11) is -3.25. The molecule has 1 amide bonds. The van der Waals surface area contributed by atoms with E-state index in [1.165, 1.54) is 12.1 Å². The van der Waals surface area contributed by atoms with Gasteiger partial charge in [0.15, 0.2) is 9.84 Å². The van der Waals surface area contributed by atoms with Crippen LogP contribution in [0.1, 0.15) is 34.8 Å². The summed E-state index contributed by atoms with van der Waals surface area (Å²) in [5.74, 6) is -0.0661. The maximum Gasteiger partial charge on any atom is 0.253 e. The number of piperidine rings is 1. The minimum absolute atomic E-state index is 0.0661. The van der Waals surface area contributed by atoms with Crippen molar-refractivity contribution in [1.82, 2.24) is 14.7 Å². The first-order valence-electron chi connectivity index (χ1n) is 7.95. The molecular formula is C17H21N3O3S. The number of rotatable bonds is 3. The zero-order valence-electron chi connectivity index (χ0n) is 13.8. The quantitative estimate of drug-likeness (QED) is 0.852. The maximum atomic E-state index is 12.7. The number of amides is 1. The highest BCUT2D eigenvalue weighted by atomic mass is 32.2. The van der Waals surface area contributed by atoms with E-state index in [-0.39, 0.29) is 16.8 Å². The molecule has 1 fully saturated rings. The van der Waals surface area contributed by atoms with Crippen molar-refractivity contribution >= 4 is 15.7 Å². The van der Waals surface area contributed by atoms with Crippen LogP contribution in [-0.2, 0) is 9.84 Å². The number of likely N-dealkylation sites (tertiary alicyclic amines) is 1. The summed E-state index contributed by atoms with van der Waals surface area (Å²) < 4.78 is 25.0. The van der Waals surface area contributed by atoms with Gasteiger partial charge in [-0.25, -0.2) is 8.42 Å². The van der Waals surface area contributed by atoms with Crippen molar-refractivity contribution in [3.63, 3.8) is 0 Å². The predicted molar refractivity (Wildman–Crippen MR) is 90.7 cm³/mol. The van der Waals surface area contributed by atoms with E-state index in [0.29, 0.717) is 18.7 Å². The largest absolute Gasteiger partial charge is 0.337 e. The number of hydrogen-bond acceptors (Lipinski definition) is 4. The first-order chi connectivity index (χ1) is 11.3. The van der Waals surface area contributed by atoms with Gasteiger partial charge in [0.05, 0.1) is 17.1 Å². The topological polar surface area (TPSA) is 72.3 Å². The normalized spacial score (nSPS) is 18.6. The molecule has 2 aromatic rings. The molecule has 1 aliphatic rings. The van der Waals surface area contributed by atoms with Gasteiger partial charge in [0.25, 0.3) is 5.91 Å². The van der Waals surface area contributed by atoms with Crippen molar-refractivity contribution in [3.05, 3.63) is 47.8 Å². The van der Waals surface area contributed by atoms with E-state index in [9.17, 15) is 13.2 Å². The average molecular weight is 347 g/mol. The smallest absolute Gasteiger partial charge is 0.253 e. The molecule has 7 heteroatoms. The zero-order valence-corrected chi connectivity index (χ0v) is 14.7. The van der Waals surface area contributed by atoms with E-state index in [2.05, 4.69) is 5.10 Å². The van der Waals surface area contributed by atoms with Crippen LogP contribution >= 0.6 is 0 Å². The second-order valence-corrected chi connectivity index (χ2v) is 8.36. The lowest BCUT2D eigenvalue weighted by Gasteiger charge is -2.33. The van der Waals surface area contributed by atoms with Crippen molar-refractivity contribution in [2.24, 2.45) is 0 Å². The van der Waals surface area contributed by atoms with E-state index in [0.717, 1.165) is 24.7 Å². The Kier molecular flexibility index (Phi) is 4.45. The van der Waals surface area contributed by atoms with Gasteiger partial charge < -0.3 is 4.90 Å². The van der Waals surface area contributed by atoms with Gasteiger partial charge in [-0.2, -0.15) is 5.10 Å². The number of benzene rings is 1. The third-order valence-electron chi connectivity index (χ3n) is 4.32. The van der Waals surface area contributed by atoms with Gasteiger partial charge in [-0.05, 0) is 49.6 Å².